The van der Waals surface area contributed by atoms with Gasteiger partial charge in [0.25, 0.3) is 0 Å². The summed E-state index contributed by atoms with van der Waals surface area (Å²) < 4.78 is 18.7. The molecule has 0 saturated carbocycles. The van der Waals surface area contributed by atoms with Crippen molar-refractivity contribution < 1.29 is 8.81 Å². The van der Waals surface area contributed by atoms with E-state index in [1.807, 2.05) is 32.0 Å². The Bertz CT molecular complexity index is 657. The molecule has 2 aromatic rings. The van der Waals surface area contributed by atoms with Gasteiger partial charge in [0.15, 0.2) is 5.96 Å². The maximum Gasteiger partial charge on any atom is 0.191 e. The Balaban J connectivity index is 0.00000288. The molecule has 1 aromatic heterocycles. The van der Waals surface area contributed by atoms with Gasteiger partial charge in [-0.25, -0.2) is 4.39 Å². The number of rotatable bonds is 6. The maximum atomic E-state index is 13.1. The molecule has 6 heteroatoms. The molecule has 0 aliphatic heterocycles. The summed E-state index contributed by atoms with van der Waals surface area (Å²) in [5.74, 6) is 2.32. The quantitative estimate of drug-likeness (QED) is 0.303. The number of aryl methyl sites for hydroxylation is 2. The van der Waals surface area contributed by atoms with E-state index >= 15 is 0 Å². The van der Waals surface area contributed by atoms with E-state index in [1.54, 1.807) is 19.2 Å². The van der Waals surface area contributed by atoms with Crippen LogP contribution in [0.4, 0.5) is 4.39 Å². The zero-order valence-electron chi connectivity index (χ0n) is 14.3. The van der Waals surface area contributed by atoms with E-state index in [1.165, 1.54) is 6.07 Å². The molecule has 24 heavy (non-hydrogen) atoms. The summed E-state index contributed by atoms with van der Waals surface area (Å²) in [7, 11) is 1.74. The summed E-state index contributed by atoms with van der Waals surface area (Å²) in [6.07, 6.45) is 1.73. The number of aliphatic imine (C=N–C) groups is 1. The van der Waals surface area contributed by atoms with Gasteiger partial charge in [-0.3, -0.25) is 4.99 Å². The Morgan fingerprint density at radius 3 is 2.71 bits per heavy atom. The fourth-order valence-corrected chi connectivity index (χ4v) is 2.35. The third-order valence-electron chi connectivity index (χ3n) is 3.59. The average Bonchev–Trinajstić information content (AvgIpc) is 2.97. The van der Waals surface area contributed by atoms with Crippen LogP contribution in [0.15, 0.2) is 45.8 Å². The second-order valence-electron chi connectivity index (χ2n) is 5.55. The normalized spacial score (nSPS) is 12.4. The number of nitrogens with zero attached hydrogens (tertiary/aromatic N) is 1. The summed E-state index contributed by atoms with van der Waals surface area (Å²) in [6.45, 7) is 4.72. The molecule has 0 radical (unpaired) electrons. The fourth-order valence-electron chi connectivity index (χ4n) is 2.35. The van der Waals surface area contributed by atoms with E-state index in [0.29, 0.717) is 0 Å². The van der Waals surface area contributed by atoms with Gasteiger partial charge >= 0.3 is 0 Å². The van der Waals surface area contributed by atoms with Crippen LogP contribution in [-0.4, -0.2) is 19.6 Å². The highest BCUT2D eigenvalue weighted by molar-refractivity contribution is 14.0. The molecule has 4 nitrogen and oxygen atoms in total. The summed E-state index contributed by atoms with van der Waals surface area (Å²) in [5, 5.41) is 6.55. The number of hydrogen-bond donors (Lipinski definition) is 2. The van der Waals surface area contributed by atoms with E-state index in [0.717, 1.165) is 42.4 Å². The van der Waals surface area contributed by atoms with Gasteiger partial charge in [-0.05, 0) is 56.5 Å². The van der Waals surface area contributed by atoms with Crippen molar-refractivity contribution in [2.45, 2.75) is 32.7 Å². The highest BCUT2D eigenvalue weighted by atomic mass is 127. The first-order valence-electron chi connectivity index (χ1n) is 7.86. The molecule has 0 fully saturated rings. The molecule has 0 aliphatic carbocycles. The van der Waals surface area contributed by atoms with Crippen LogP contribution in [-0.2, 0) is 6.42 Å². The molecule has 1 atom stereocenters. The number of halogens is 2. The Morgan fingerprint density at radius 2 is 2.08 bits per heavy atom. The van der Waals surface area contributed by atoms with Gasteiger partial charge in [-0.2, -0.15) is 0 Å². The van der Waals surface area contributed by atoms with Crippen LogP contribution in [0.1, 0.15) is 36.5 Å². The van der Waals surface area contributed by atoms with Crippen LogP contribution in [0, 0.1) is 12.7 Å². The fraction of sp³-hybridized carbons (Fsp3) is 0.389. The number of furan rings is 1. The molecule has 0 amide bonds. The van der Waals surface area contributed by atoms with Crippen molar-refractivity contribution in [1.82, 2.24) is 10.6 Å². The lowest BCUT2D eigenvalue weighted by atomic mass is 10.1. The van der Waals surface area contributed by atoms with Crippen LogP contribution >= 0.6 is 24.0 Å². The van der Waals surface area contributed by atoms with Gasteiger partial charge in [0.2, 0.25) is 0 Å². The smallest absolute Gasteiger partial charge is 0.191 e. The zero-order valence-corrected chi connectivity index (χ0v) is 16.6. The lowest BCUT2D eigenvalue weighted by molar-refractivity contribution is 0.441. The summed E-state index contributed by atoms with van der Waals surface area (Å²) in [6, 6.07) is 10.7. The van der Waals surface area contributed by atoms with Gasteiger partial charge in [0, 0.05) is 13.6 Å². The van der Waals surface area contributed by atoms with E-state index in [2.05, 4.69) is 15.6 Å². The van der Waals surface area contributed by atoms with Crippen molar-refractivity contribution in [2.75, 3.05) is 13.6 Å². The van der Waals surface area contributed by atoms with Crippen LogP contribution in [0.3, 0.4) is 0 Å². The largest absolute Gasteiger partial charge is 0.464 e. The van der Waals surface area contributed by atoms with Crippen LogP contribution in [0.2, 0.25) is 0 Å². The topological polar surface area (TPSA) is 49.6 Å². The minimum atomic E-state index is -0.185. The summed E-state index contributed by atoms with van der Waals surface area (Å²) >= 11 is 0. The number of benzene rings is 1. The standard InChI is InChI=1S/C18H24FN3O.HI/c1-13-9-10-17(23-13)14(2)22-18(20-3)21-11-5-7-15-6-4-8-16(19)12-15;/h4,6,8-10,12,14H,5,7,11H2,1-3H3,(H2,20,21,22);1H. The van der Waals surface area contributed by atoms with Crippen LogP contribution < -0.4 is 10.6 Å². The predicted octanol–water partition coefficient (Wildman–Crippen LogP) is 4.20. The molecule has 2 N–H and O–H groups in total. The molecule has 0 spiro atoms. The molecule has 0 saturated heterocycles. The van der Waals surface area contributed by atoms with Crippen LogP contribution in [0.25, 0.3) is 0 Å². The van der Waals surface area contributed by atoms with Crippen molar-refractivity contribution in [3.05, 3.63) is 59.3 Å². The lowest BCUT2D eigenvalue weighted by Gasteiger charge is -2.16. The van der Waals surface area contributed by atoms with Crippen LogP contribution in [0.5, 0.6) is 0 Å². The molecular weight excluding hydrogens is 420 g/mol. The van der Waals surface area contributed by atoms with E-state index in [4.69, 9.17) is 4.42 Å². The number of hydrogen-bond acceptors (Lipinski definition) is 2. The Labute approximate surface area is 160 Å². The molecular formula is C18H25FIN3O. The van der Waals surface area contributed by atoms with Crippen molar-refractivity contribution in [2.24, 2.45) is 4.99 Å². The van der Waals surface area contributed by atoms with E-state index in [9.17, 15) is 4.39 Å². The van der Waals surface area contributed by atoms with Crippen molar-refractivity contribution in [1.29, 1.82) is 0 Å². The Morgan fingerprint density at radius 1 is 1.29 bits per heavy atom. The van der Waals surface area contributed by atoms with Gasteiger partial charge in [-0.1, -0.05) is 12.1 Å². The SMILES string of the molecule is CN=C(NCCCc1cccc(F)c1)NC(C)c1ccc(C)o1.I. The average molecular weight is 445 g/mol. The lowest BCUT2D eigenvalue weighted by Crippen LogP contribution is -2.39. The van der Waals surface area contributed by atoms with E-state index in [-0.39, 0.29) is 35.8 Å². The highest BCUT2D eigenvalue weighted by Gasteiger charge is 2.10. The molecule has 132 valence electrons. The van der Waals surface area contributed by atoms with E-state index < -0.39 is 0 Å². The summed E-state index contributed by atoms with van der Waals surface area (Å²) in [4.78, 5) is 4.21. The minimum absolute atomic E-state index is 0. The molecule has 2 rings (SSSR count). The van der Waals surface area contributed by atoms with Crippen molar-refractivity contribution >= 4 is 29.9 Å². The molecule has 0 aliphatic rings. The van der Waals surface area contributed by atoms with Gasteiger partial charge < -0.3 is 15.1 Å². The molecule has 1 aromatic carbocycles. The molecule has 1 unspecified atom stereocenters. The van der Waals surface area contributed by atoms with Gasteiger partial charge in [-0.15, -0.1) is 24.0 Å². The number of nitrogens with one attached hydrogen (secondary N) is 2. The minimum Gasteiger partial charge on any atom is -0.464 e. The van der Waals surface area contributed by atoms with Gasteiger partial charge in [0.05, 0.1) is 6.04 Å². The third kappa shape index (κ3) is 6.51. The maximum absolute atomic E-state index is 13.1. The molecule has 1 heterocycles. The van der Waals surface area contributed by atoms with Crippen molar-refractivity contribution in [3.63, 3.8) is 0 Å². The Kier molecular flexibility index (Phi) is 8.81. The zero-order chi connectivity index (χ0) is 16.7. The third-order valence-corrected chi connectivity index (χ3v) is 3.59. The second kappa shape index (κ2) is 10.3. The Hall–Kier alpha value is -1.57. The first kappa shape index (κ1) is 20.5. The summed E-state index contributed by atoms with van der Waals surface area (Å²) in [5.41, 5.74) is 1.01. The second-order valence-corrected chi connectivity index (χ2v) is 5.55. The van der Waals surface area contributed by atoms with Gasteiger partial charge in [0.1, 0.15) is 17.3 Å². The first-order valence-corrected chi connectivity index (χ1v) is 7.86. The molecule has 0 bridgehead atoms. The first-order chi connectivity index (χ1) is 11.1. The van der Waals surface area contributed by atoms with Crippen molar-refractivity contribution in [3.8, 4) is 0 Å². The number of guanidine groups is 1. The highest BCUT2D eigenvalue weighted by Crippen LogP contribution is 2.15. The monoisotopic (exact) mass is 445 g/mol. The predicted molar refractivity (Wildman–Crippen MR) is 106 cm³/mol.